The minimum Gasteiger partial charge on any atom is -0.314 e. The van der Waals surface area contributed by atoms with Crippen LogP contribution in [0.25, 0.3) is 0 Å². The number of aromatic nitrogens is 2. The lowest BCUT2D eigenvalue weighted by molar-refractivity contribution is 0.592. The molecule has 0 bridgehead atoms. The minimum atomic E-state index is -3.63. The molecule has 7 heteroatoms. The van der Waals surface area contributed by atoms with Gasteiger partial charge in [0.15, 0.2) is 5.82 Å². The van der Waals surface area contributed by atoms with Gasteiger partial charge in [0.1, 0.15) is 6.34 Å². The van der Waals surface area contributed by atoms with Crippen LogP contribution in [0.15, 0.2) is 21.8 Å². The van der Waals surface area contributed by atoms with Crippen LogP contribution in [0, 0.1) is 0 Å². The fourth-order valence-corrected chi connectivity index (χ4v) is 2.08. The van der Waals surface area contributed by atoms with Gasteiger partial charge in [-0.15, -0.1) is 4.40 Å². The van der Waals surface area contributed by atoms with Crippen molar-refractivity contribution in [1.82, 2.24) is 9.97 Å². The van der Waals surface area contributed by atoms with E-state index in [2.05, 4.69) is 14.4 Å². The zero-order valence-electron chi connectivity index (χ0n) is 7.45. The molecule has 0 aliphatic carbocycles. The highest BCUT2D eigenvalue weighted by molar-refractivity contribution is 7.90. The Labute approximate surface area is 81.4 Å². The molecule has 0 aromatic carbocycles. The monoisotopic (exact) mass is 212 g/mol. The number of rotatable bonds is 1. The van der Waals surface area contributed by atoms with E-state index in [0.29, 0.717) is 12.4 Å². The third kappa shape index (κ3) is 1.25. The van der Waals surface area contributed by atoms with Gasteiger partial charge in [-0.1, -0.05) is 0 Å². The molecule has 6 nitrogen and oxygen atoms in total. The lowest BCUT2D eigenvalue weighted by atomic mass is 10.5. The van der Waals surface area contributed by atoms with Gasteiger partial charge >= 0.3 is 10.0 Å². The second kappa shape index (κ2) is 3.02. The van der Waals surface area contributed by atoms with Crippen molar-refractivity contribution in [2.75, 3.05) is 11.4 Å². The SMILES string of the molecule is CCN1C=NS(=O)(=O)c2nccnc21. The molecule has 0 atom stereocenters. The molecule has 0 N–H and O–H groups in total. The molecule has 0 fully saturated rings. The molecule has 0 amide bonds. The zero-order chi connectivity index (χ0) is 10.2. The second-order valence-electron chi connectivity index (χ2n) is 2.67. The molecule has 2 rings (SSSR count). The Bertz CT molecular complexity index is 482. The average Bonchev–Trinajstić information content (AvgIpc) is 2.18. The van der Waals surface area contributed by atoms with Gasteiger partial charge in [0, 0.05) is 18.9 Å². The maximum Gasteiger partial charge on any atom is 0.304 e. The Morgan fingerprint density at radius 2 is 2.07 bits per heavy atom. The van der Waals surface area contributed by atoms with Gasteiger partial charge in [-0.2, -0.15) is 8.42 Å². The molecule has 1 aliphatic heterocycles. The zero-order valence-corrected chi connectivity index (χ0v) is 8.27. The van der Waals surface area contributed by atoms with Crippen molar-refractivity contribution >= 4 is 22.2 Å². The van der Waals surface area contributed by atoms with Crippen LogP contribution < -0.4 is 4.90 Å². The van der Waals surface area contributed by atoms with Crippen LogP contribution in [0.3, 0.4) is 0 Å². The average molecular weight is 212 g/mol. The van der Waals surface area contributed by atoms with Gasteiger partial charge < -0.3 is 4.90 Å². The van der Waals surface area contributed by atoms with Gasteiger partial charge in [-0.25, -0.2) is 9.97 Å². The highest BCUT2D eigenvalue weighted by Gasteiger charge is 2.26. The van der Waals surface area contributed by atoms with Gasteiger partial charge in [0.2, 0.25) is 5.03 Å². The summed E-state index contributed by atoms with van der Waals surface area (Å²) in [6.07, 6.45) is 4.05. The van der Waals surface area contributed by atoms with E-state index in [1.165, 1.54) is 18.7 Å². The fraction of sp³-hybridized carbons (Fsp3) is 0.286. The lowest BCUT2D eigenvalue weighted by Gasteiger charge is -2.20. The summed E-state index contributed by atoms with van der Waals surface area (Å²) in [5.41, 5.74) is 0. The van der Waals surface area contributed by atoms with Gasteiger partial charge in [0.05, 0.1) is 0 Å². The quantitative estimate of drug-likeness (QED) is 0.656. The van der Waals surface area contributed by atoms with E-state index in [1.54, 1.807) is 4.90 Å². The first-order valence-corrected chi connectivity index (χ1v) is 5.47. The summed E-state index contributed by atoms with van der Waals surface area (Å²) in [5.74, 6) is 0.338. The van der Waals surface area contributed by atoms with E-state index in [-0.39, 0.29) is 5.03 Å². The number of fused-ring (bicyclic) bond motifs is 1. The van der Waals surface area contributed by atoms with Crippen LogP contribution in [0.4, 0.5) is 5.82 Å². The molecule has 0 spiro atoms. The fourth-order valence-electron chi connectivity index (χ4n) is 1.15. The predicted molar refractivity (Wildman–Crippen MR) is 50.7 cm³/mol. The van der Waals surface area contributed by atoms with Crippen LogP contribution in [0.5, 0.6) is 0 Å². The summed E-state index contributed by atoms with van der Waals surface area (Å²) in [6.45, 7) is 2.48. The van der Waals surface area contributed by atoms with Crippen molar-refractivity contribution in [1.29, 1.82) is 0 Å². The predicted octanol–water partition coefficient (Wildman–Crippen LogP) is 0.0335. The largest absolute Gasteiger partial charge is 0.314 e. The molecule has 14 heavy (non-hydrogen) atoms. The van der Waals surface area contributed by atoms with E-state index in [4.69, 9.17) is 0 Å². The summed E-state index contributed by atoms with van der Waals surface area (Å²) in [6, 6.07) is 0. The third-order valence-corrected chi connectivity index (χ3v) is 2.98. The Hall–Kier alpha value is -1.50. The van der Waals surface area contributed by atoms with Gasteiger partial charge in [-0.05, 0) is 6.92 Å². The molecule has 74 valence electrons. The first kappa shape index (κ1) is 9.07. The van der Waals surface area contributed by atoms with Crippen LogP contribution in [0.1, 0.15) is 6.92 Å². The second-order valence-corrected chi connectivity index (χ2v) is 4.21. The standard InChI is InChI=1S/C7H8N4O2S/c1-2-11-5-10-14(12,13)7-6(11)8-3-4-9-7/h3-5H,2H2,1H3. The molecule has 0 unspecified atom stereocenters. The van der Waals surface area contributed by atoms with Gasteiger partial charge in [-0.3, -0.25) is 0 Å². The topological polar surface area (TPSA) is 75.5 Å². The lowest BCUT2D eigenvalue weighted by Crippen LogP contribution is -2.28. The molecular weight excluding hydrogens is 204 g/mol. The van der Waals surface area contributed by atoms with Crippen molar-refractivity contribution in [3.05, 3.63) is 12.4 Å². The van der Waals surface area contributed by atoms with E-state index < -0.39 is 10.0 Å². The Morgan fingerprint density at radius 3 is 2.79 bits per heavy atom. The smallest absolute Gasteiger partial charge is 0.304 e. The van der Waals surface area contributed by atoms with Crippen LogP contribution in [0.2, 0.25) is 0 Å². The highest BCUT2D eigenvalue weighted by atomic mass is 32.2. The number of sulfonamides is 1. The first-order chi connectivity index (χ1) is 6.65. The maximum atomic E-state index is 11.4. The number of nitrogens with zero attached hydrogens (tertiary/aromatic N) is 4. The highest BCUT2D eigenvalue weighted by Crippen LogP contribution is 2.23. The van der Waals surface area contributed by atoms with E-state index in [0.717, 1.165) is 0 Å². The summed E-state index contributed by atoms with van der Waals surface area (Å²) in [5, 5.41) is -0.0793. The molecular formula is C7H8N4O2S. The molecule has 1 aromatic heterocycles. The van der Waals surface area contributed by atoms with Crippen molar-refractivity contribution in [2.24, 2.45) is 4.40 Å². The molecule has 1 aromatic rings. The van der Waals surface area contributed by atoms with Crippen LogP contribution >= 0.6 is 0 Å². The third-order valence-electron chi connectivity index (χ3n) is 1.83. The van der Waals surface area contributed by atoms with Crippen molar-refractivity contribution in [3.63, 3.8) is 0 Å². The maximum absolute atomic E-state index is 11.4. The van der Waals surface area contributed by atoms with Crippen molar-refractivity contribution in [2.45, 2.75) is 11.9 Å². The van der Waals surface area contributed by atoms with Crippen LogP contribution in [-0.2, 0) is 10.0 Å². The van der Waals surface area contributed by atoms with Crippen molar-refractivity contribution < 1.29 is 8.42 Å². The van der Waals surface area contributed by atoms with E-state index >= 15 is 0 Å². The normalized spacial score (nSPS) is 17.9. The number of hydrogen-bond acceptors (Lipinski definition) is 5. The summed E-state index contributed by atoms with van der Waals surface area (Å²) < 4.78 is 26.2. The Balaban J connectivity index is 2.68. The number of hydrogen-bond donors (Lipinski definition) is 0. The van der Waals surface area contributed by atoms with Crippen LogP contribution in [-0.4, -0.2) is 31.3 Å². The van der Waals surface area contributed by atoms with E-state index in [9.17, 15) is 8.42 Å². The Kier molecular flexibility index (Phi) is 1.95. The Morgan fingerprint density at radius 1 is 1.36 bits per heavy atom. The summed E-state index contributed by atoms with van der Waals surface area (Å²) in [4.78, 5) is 9.35. The molecule has 0 radical (unpaired) electrons. The molecule has 2 heterocycles. The summed E-state index contributed by atoms with van der Waals surface area (Å²) in [7, 11) is -3.63. The molecule has 0 saturated carbocycles. The first-order valence-electron chi connectivity index (χ1n) is 4.03. The number of anilines is 1. The van der Waals surface area contributed by atoms with Gasteiger partial charge in [0.25, 0.3) is 0 Å². The summed E-state index contributed by atoms with van der Waals surface area (Å²) >= 11 is 0. The molecule has 1 aliphatic rings. The van der Waals surface area contributed by atoms with Crippen molar-refractivity contribution in [3.8, 4) is 0 Å². The van der Waals surface area contributed by atoms with E-state index in [1.807, 2.05) is 6.92 Å². The molecule has 0 saturated heterocycles. The minimum absolute atomic E-state index is 0.0793.